The summed E-state index contributed by atoms with van der Waals surface area (Å²) in [4.78, 5) is 30.1. The minimum absolute atomic E-state index is 0.0819. The third-order valence-electron chi connectivity index (χ3n) is 8.19. The molecule has 11 nitrogen and oxygen atoms in total. The number of nitrogens with zero attached hydrogens (tertiary/aromatic N) is 4. The van der Waals surface area contributed by atoms with Gasteiger partial charge in [-0.05, 0) is 12.3 Å². The summed E-state index contributed by atoms with van der Waals surface area (Å²) in [6.07, 6.45) is 4.72. The number of carbonyl (C=O) groups excluding carboxylic acids is 1. The van der Waals surface area contributed by atoms with Gasteiger partial charge in [0.25, 0.3) is 0 Å². The van der Waals surface area contributed by atoms with Gasteiger partial charge in [-0.2, -0.15) is 0 Å². The maximum atomic E-state index is 11.5. The molecule has 2 fully saturated rings. The highest BCUT2D eigenvalue weighted by atomic mass is 35.5. The van der Waals surface area contributed by atoms with Crippen molar-refractivity contribution in [3.05, 3.63) is 70.2 Å². The lowest BCUT2D eigenvalue weighted by atomic mass is 9.98. The van der Waals surface area contributed by atoms with E-state index in [9.17, 15) is 9.00 Å². The predicted octanol–water partition coefficient (Wildman–Crippen LogP) is 4.43. The fraction of sp³-hybridized carbons (Fsp3) is 0.364. The number of hydrogen-bond donors (Lipinski definition) is 3. The van der Waals surface area contributed by atoms with Crippen LogP contribution in [0.2, 0.25) is 10.0 Å². The number of halogens is 2. The topological polar surface area (TPSA) is 140 Å². The maximum Gasteiger partial charge on any atom is 0.237 e. The Morgan fingerprint density at radius 2 is 1.34 bits per heavy atom. The first kappa shape index (κ1) is 33.2. The van der Waals surface area contributed by atoms with E-state index >= 15 is 0 Å². The van der Waals surface area contributed by atoms with Gasteiger partial charge in [-0.15, -0.1) is 0 Å². The van der Waals surface area contributed by atoms with Crippen LogP contribution in [-0.2, 0) is 28.7 Å². The molecule has 2 aliphatic rings. The molecular formula is C33H35Cl2N7O4S. The van der Waals surface area contributed by atoms with E-state index in [1.165, 1.54) is 0 Å². The lowest BCUT2D eigenvalue weighted by molar-refractivity contribution is -0.119. The summed E-state index contributed by atoms with van der Waals surface area (Å²) in [6.45, 7) is 2.33. The van der Waals surface area contributed by atoms with Crippen molar-refractivity contribution in [1.82, 2.24) is 35.9 Å². The largest absolute Gasteiger partial charge is 0.480 e. The van der Waals surface area contributed by atoms with Crippen LogP contribution in [0.4, 0.5) is 0 Å². The molecule has 0 bridgehead atoms. The van der Waals surface area contributed by atoms with Crippen molar-refractivity contribution >= 4 is 39.9 Å². The highest BCUT2D eigenvalue weighted by molar-refractivity contribution is 7.86. The van der Waals surface area contributed by atoms with Crippen molar-refractivity contribution < 1.29 is 18.5 Å². The van der Waals surface area contributed by atoms with Crippen molar-refractivity contribution in [3.8, 4) is 45.4 Å². The van der Waals surface area contributed by atoms with E-state index < -0.39 is 10.8 Å². The minimum atomic E-state index is -0.672. The van der Waals surface area contributed by atoms with Gasteiger partial charge in [-0.1, -0.05) is 59.6 Å². The van der Waals surface area contributed by atoms with Crippen molar-refractivity contribution in [2.24, 2.45) is 5.92 Å². The number of benzene rings is 2. The van der Waals surface area contributed by atoms with Crippen molar-refractivity contribution in [2.75, 3.05) is 38.8 Å². The number of carbonyl (C=O) groups is 1. The standard InChI is InChI=1S/C33H35Cl2N7O4S/c1-45-32-27(13-36-11-19-17-47(44)18-19)38-15-25(41-32)23-7-3-5-21(30(23)34)22-6-4-8-24(31(22)35)26-16-39-28(33(42-26)46-2)14-37-12-20-9-10-29(43)40-20/h3-8,15-16,19-20,36-37H,9-14,17-18H2,1-2H3,(H,40,43). The number of ether oxygens (including phenoxy) is 2. The summed E-state index contributed by atoms with van der Waals surface area (Å²) >= 11 is 14.1. The third kappa shape index (κ3) is 7.57. The fourth-order valence-corrected chi connectivity index (χ4v) is 7.52. The lowest BCUT2D eigenvalue weighted by Gasteiger charge is -2.24. The van der Waals surface area contributed by atoms with E-state index in [0.29, 0.717) is 87.7 Å². The number of methoxy groups -OCH3 is 2. The monoisotopic (exact) mass is 695 g/mol. The summed E-state index contributed by atoms with van der Waals surface area (Å²) in [6, 6.07) is 11.5. The highest BCUT2D eigenvalue weighted by Crippen LogP contribution is 2.42. The molecule has 2 saturated heterocycles. The molecular weight excluding hydrogens is 661 g/mol. The molecule has 1 amide bonds. The lowest BCUT2D eigenvalue weighted by Crippen LogP contribution is -2.38. The molecule has 0 radical (unpaired) electrons. The SMILES string of the molecule is COc1nc(-c2cccc(-c3cccc(-c4cnc(CNCC5CCC(=O)N5)c(OC)n4)c3Cl)c2Cl)cnc1CNCC1CS(=O)C1. The zero-order chi connectivity index (χ0) is 32.9. The van der Waals surface area contributed by atoms with Crippen LogP contribution in [0, 0.1) is 5.92 Å². The second kappa shape index (κ2) is 15.0. The van der Waals surface area contributed by atoms with Crippen LogP contribution in [0.3, 0.4) is 0 Å². The van der Waals surface area contributed by atoms with Gasteiger partial charge in [0, 0.05) is 83.2 Å². The Labute approximate surface area is 285 Å². The fourth-order valence-electron chi connectivity index (χ4n) is 5.68. The van der Waals surface area contributed by atoms with Crippen LogP contribution in [0.1, 0.15) is 24.2 Å². The van der Waals surface area contributed by atoms with Crippen LogP contribution in [0.25, 0.3) is 33.6 Å². The highest BCUT2D eigenvalue weighted by Gasteiger charge is 2.25. The molecule has 14 heteroatoms. The Bertz CT molecular complexity index is 1800. The van der Waals surface area contributed by atoms with Gasteiger partial charge in [0.1, 0.15) is 11.4 Å². The van der Waals surface area contributed by atoms with Crippen LogP contribution in [0.5, 0.6) is 11.8 Å². The van der Waals surface area contributed by atoms with Crippen LogP contribution < -0.4 is 25.4 Å². The van der Waals surface area contributed by atoms with Crippen molar-refractivity contribution in [3.63, 3.8) is 0 Å². The second-order valence-electron chi connectivity index (χ2n) is 11.5. The summed E-state index contributed by atoms with van der Waals surface area (Å²) in [5.41, 5.74) is 5.25. The molecule has 2 aliphatic heterocycles. The molecule has 4 heterocycles. The molecule has 6 rings (SSSR count). The van der Waals surface area contributed by atoms with Crippen LogP contribution >= 0.6 is 23.2 Å². The first-order valence-electron chi connectivity index (χ1n) is 15.3. The Hall–Kier alpha value is -3.68. The molecule has 3 N–H and O–H groups in total. The number of nitrogens with one attached hydrogen (secondary N) is 3. The minimum Gasteiger partial charge on any atom is -0.480 e. The summed E-state index contributed by atoms with van der Waals surface area (Å²) in [5, 5.41) is 10.6. The van der Waals surface area contributed by atoms with E-state index in [0.717, 1.165) is 35.6 Å². The Balaban J connectivity index is 1.21. The van der Waals surface area contributed by atoms with Crippen molar-refractivity contribution in [2.45, 2.75) is 32.0 Å². The molecule has 2 aromatic carbocycles. The summed E-state index contributed by atoms with van der Waals surface area (Å²) < 4.78 is 22.5. The van der Waals surface area contributed by atoms with E-state index in [1.54, 1.807) is 26.6 Å². The molecule has 0 spiro atoms. The zero-order valence-corrected chi connectivity index (χ0v) is 28.3. The van der Waals surface area contributed by atoms with Gasteiger partial charge in [0.15, 0.2) is 0 Å². The molecule has 1 atom stereocenters. The van der Waals surface area contributed by atoms with Gasteiger partial charge in [-0.3, -0.25) is 19.0 Å². The molecule has 0 aliphatic carbocycles. The van der Waals surface area contributed by atoms with E-state index in [1.807, 2.05) is 36.4 Å². The number of hydrogen-bond acceptors (Lipinski definition) is 10. The predicted molar refractivity (Wildman–Crippen MR) is 183 cm³/mol. The quantitative estimate of drug-likeness (QED) is 0.184. The molecule has 4 aromatic rings. The Kier molecular flexibility index (Phi) is 10.6. The Morgan fingerprint density at radius 3 is 1.81 bits per heavy atom. The average molecular weight is 697 g/mol. The summed E-state index contributed by atoms with van der Waals surface area (Å²) in [5.74, 6) is 2.79. The number of aromatic nitrogens is 4. The molecule has 2 aromatic heterocycles. The van der Waals surface area contributed by atoms with Gasteiger partial charge in [-0.25, -0.2) is 9.97 Å². The first-order chi connectivity index (χ1) is 22.8. The van der Waals surface area contributed by atoms with Crippen LogP contribution in [0.15, 0.2) is 48.8 Å². The third-order valence-corrected chi connectivity index (χ3v) is 10.7. The van der Waals surface area contributed by atoms with Crippen LogP contribution in [-0.4, -0.2) is 74.9 Å². The van der Waals surface area contributed by atoms with Gasteiger partial charge in [0.05, 0.1) is 48.0 Å². The molecule has 1 unspecified atom stereocenters. The summed E-state index contributed by atoms with van der Waals surface area (Å²) in [7, 11) is 2.45. The first-order valence-corrected chi connectivity index (χ1v) is 17.5. The molecule has 47 heavy (non-hydrogen) atoms. The normalized spacial score (nSPS) is 18.9. The van der Waals surface area contributed by atoms with Gasteiger partial charge in [0.2, 0.25) is 17.7 Å². The average Bonchev–Trinajstić information content (AvgIpc) is 3.49. The van der Waals surface area contributed by atoms with Gasteiger partial charge >= 0.3 is 0 Å². The van der Waals surface area contributed by atoms with Gasteiger partial charge < -0.3 is 25.4 Å². The smallest absolute Gasteiger partial charge is 0.237 e. The maximum absolute atomic E-state index is 11.5. The van der Waals surface area contributed by atoms with E-state index in [-0.39, 0.29) is 11.9 Å². The molecule has 0 saturated carbocycles. The van der Waals surface area contributed by atoms with E-state index in [2.05, 4.69) is 25.9 Å². The zero-order valence-electron chi connectivity index (χ0n) is 26.0. The Morgan fingerprint density at radius 1 is 0.830 bits per heavy atom. The van der Waals surface area contributed by atoms with Crippen molar-refractivity contribution in [1.29, 1.82) is 0 Å². The number of amides is 1. The number of rotatable bonds is 13. The molecule has 246 valence electrons. The second-order valence-corrected chi connectivity index (χ2v) is 13.8. The van der Waals surface area contributed by atoms with E-state index in [4.69, 9.17) is 42.6 Å².